The average molecular weight is 269 g/mol. The molecule has 0 bridgehead atoms. The molecule has 3 heterocycles. The number of hydrogen-bond donors (Lipinski definition) is 2. The zero-order chi connectivity index (χ0) is 13.5. The highest BCUT2D eigenvalue weighted by Crippen LogP contribution is 2.35. The number of hydrogen-bond acceptors (Lipinski definition) is 6. The maximum absolute atomic E-state index is 6.05. The number of nitrogens with two attached hydrogens (primary N) is 1. The molecule has 0 saturated heterocycles. The van der Waals surface area contributed by atoms with E-state index < -0.39 is 0 Å². The van der Waals surface area contributed by atoms with E-state index in [9.17, 15) is 0 Å². The fraction of sp³-hybridized carbons (Fsp3) is 0.286. The summed E-state index contributed by atoms with van der Waals surface area (Å²) < 4.78 is 5.66. The molecule has 6 nitrogen and oxygen atoms in total. The third-order valence-corrected chi connectivity index (χ3v) is 3.68. The molecule has 1 aromatic carbocycles. The first-order chi connectivity index (χ1) is 9.83. The Labute approximate surface area is 116 Å². The van der Waals surface area contributed by atoms with Gasteiger partial charge in [-0.15, -0.1) is 0 Å². The SMILES string of the molecule is Nc1nc(N2CCOc3ccccc32)nc2c1CNC2. The Morgan fingerprint density at radius 1 is 1.20 bits per heavy atom. The summed E-state index contributed by atoms with van der Waals surface area (Å²) in [5.41, 5.74) is 9.06. The van der Waals surface area contributed by atoms with Gasteiger partial charge in [-0.1, -0.05) is 12.1 Å². The number of benzene rings is 1. The van der Waals surface area contributed by atoms with Crippen molar-refractivity contribution < 1.29 is 4.74 Å². The van der Waals surface area contributed by atoms with Crippen LogP contribution in [0.5, 0.6) is 5.75 Å². The van der Waals surface area contributed by atoms with Gasteiger partial charge in [0.1, 0.15) is 18.2 Å². The lowest BCUT2D eigenvalue weighted by Crippen LogP contribution is -2.30. The Hall–Kier alpha value is -2.34. The molecule has 0 spiro atoms. The van der Waals surface area contributed by atoms with Gasteiger partial charge in [-0.05, 0) is 12.1 Å². The van der Waals surface area contributed by atoms with Crippen LogP contribution in [0, 0.1) is 0 Å². The second-order valence-electron chi connectivity index (χ2n) is 4.91. The molecule has 0 unspecified atom stereocenters. The molecule has 20 heavy (non-hydrogen) atoms. The number of rotatable bonds is 1. The second-order valence-corrected chi connectivity index (χ2v) is 4.91. The maximum atomic E-state index is 6.05. The van der Waals surface area contributed by atoms with E-state index in [4.69, 9.17) is 10.5 Å². The van der Waals surface area contributed by atoms with E-state index in [-0.39, 0.29) is 0 Å². The molecular weight excluding hydrogens is 254 g/mol. The summed E-state index contributed by atoms with van der Waals surface area (Å²) in [5.74, 6) is 2.08. The standard InChI is InChI=1S/C14H15N5O/c15-13-9-7-16-8-10(9)17-14(18-13)19-5-6-20-12-4-2-1-3-11(12)19/h1-4,16H,5-8H2,(H2,15,17,18). The first kappa shape index (κ1) is 11.5. The van der Waals surface area contributed by atoms with Gasteiger partial charge in [-0.3, -0.25) is 0 Å². The number of nitrogens with one attached hydrogen (secondary N) is 1. The van der Waals surface area contributed by atoms with Crippen molar-refractivity contribution in [3.8, 4) is 5.75 Å². The lowest BCUT2D eigenvalue weighted by molar-refractivity contribution is 0.313. The van der Waals surface area contributed by atoms with Gasteiger partial charge < -0.3 is 20.7 Å². The van der Waals surface area contributed by atoms with Crippen molar-refractivity contribution in [2.75, 3.05) is 23.8 Å². The number of nitrogen functional groups attached to an aromatic ring is 1. The predicted molar refractivity (Wildman–Crippen MR) is 75.9 cm³/mol. The largest absolute Gasteiger partial charge is 0.490 e. The van der Waals surface area contributed by atoms with E-state index in [1.165, 1.54) is 0 Å². The molecule has 3 N–H and O–H groups in total. The number of para-hydroxylation sites is 2. The number of nitrogens with zero attached hydrogens (tertiary/aromatic N) is 3. The quantitative estimate of drug-likeness (QED) is 0.810. The van der Waals surface area contributed by atoms with Crippen LogP contribution in [0.15, 0.2) is 24.3 Å². The molecule has 4 rings (SSSR count). The Kier molecular flexibility index (Phi) is 2.50. The zero-order valence-corrected chi connectivity index (χ0v) is 11.0. The smallest absolute Gasteiger partial charge is 0.232 e. The number of anilines is 3. The summed E-state index contributed by atoms with van der Waals surface area (Å²) >= 11 is 0. The lowest BCUT2D eigenvalue weighted by Gasteiger charge is -2.29. The molecule has 0 aliphatic carbocycles. The van der Waals surface area contributed by atoms with Crippen molar-refractivity contribution in [1.29, 1.82) is 0 Å². The van der Waals surface area contributed by atoms with Gasteiger partial charge in [0.15, 0.2) is 0 Å². The van der Waals surface area contributed by atoms with E-state index in [2.05, 4.69) is 20.2 Å². The first-order valence-corrected chi connectivity index (χ1v) is 6.68. The fourth-order valence-corrected chi connectivity index (χ4v) is 2.68. The van der Waals surface area contributed by atoms with Crippen LogP contribution in [0.2, 0.25) is 0 Å². The lowest BCUT2D eigenvalue weighted by atomic mass is 10.2. The van der Waals surface area contributed by atoms with Crippen LogP contribution in [-0.2, 0) is 13.1 Å². The van der Waals surface area contributed by atoms with Crippen LogP contribution in [0.1, 0.15) is 11.3 Å². The number of ether oxygens (including phenoxy) is 1. The summed E-state index contributed by atoms with van der Waals surface area (Å²) in [7, 11) is 0. The second kappa shape index (κ2) is 4.35. The van der Waals surface area contributed by atoms with Gasteiger partial charge in [0.25, 0.3) is 0 Å². The van der Waals surface area contributed by atoms with Crippen LogP contribution in [0.4, 0.5) is 17.5 Å². The average Bonchev–Trinajstić information content (AvgIpc) is 2.95. The molecule has 6 heteroatoms. The molecule has 0 saturated carbocycles. The molecule has 2 aromatic rings. The summed E-state index contributed by atoms with van der Waals surface area (Å²) in [6, 6.07) is 7.92. The Bertz CT molecular complexity index is 673. The Balaban J connectivity index is 1.81. The van der Waals surface area contributed by atoms with Gasteiger partial charge in [-0.2, -0.15) is 4.98 Å². The highest BCUT2D eigenvalue weighted by atomic mass is 16.5. The van der Waals surface area contributed by atoms with E-state index in [0.29, 0.717) is 18.4 Å². The van der Waals surface area contributed by atoms with Gasteiger partial charge in [0.05, 0.1) is 17.9 Å². The molecule has 2 aliphatic heterocycles. The zero-order valence-electron chi connectivity index (χ0n) is 11.0. The Morgan fingerprint density at radius 2 is 2.10 bits per heavy atom. The minimum absolute atomic E-state index is 0.568. The highest BCUT2D eigenvalue weighted by Gasteiger charge is 2.24. The molecule has 0 radical (unpaired) electrons. The summed E-state index contributed by atoms with van der Waals surface area (Å²) in [4.78, 5) is 11.2. The molecule has 0 amide bonds. The van der Waals surface area contributed by atoms with Crippen molar-refractivity contribution in [3.05, 3.63) is 35.5 Å². The molecular formula is C14H15N5O. The Morgan fingerprint density at radius 3 is 3.05 bits per heavy atom. The van der Waals surface area contributed by atoms with Gasteiger partial charge in [0, 0.05) is 18.7 Å². The minimum atomic E-state index is 0.568. The van der Waals surface area contributed by atoms with Crippen LogP contribution < -0.4 is 20.7 Å². The van der Waals surface area contributed by atoms with Crippen molar-refractivity contribution >= 4 is 17.5 Å². The van der Waals surface area contributed by atoms with Crippen molar-refractivity contribution in [3.63, 3.8) is 0 Å². The van der Waals surface area contributed by atoms with Crippen LogP contribution in [0.3, 0.4) is 0 Å². The van der Waals surface area contributed by atoms with Crippen LogP contribution in [-0.4, -0.2) is 23.1 Å². The number of aromatic nitrogens is 2. The third kappa shape index (κ3) is 1.69. The van der Waals surface area contributed by atoms with Crippen molar-refractivity contribution in [2.45, 2.75) is 13.1 Å². The predicted octanol–water partition coefficient (Wildman–Crippen LogP) is 1.19. The van der Waals surface area contributed by atoms with Crippen LogP contribution >= 0.6 is 0 Å². The summed E-state index contributed by atoms with van der Waals surface area (Å²) in [5, 5.41) is 3.25. The molecule has 102 valence electrons. The van der Waals surface area contributed by atoms with E-state index >= 15 is 0 Å². The molecule has 0 fully saturated rings. The van der Waals surface area contributed by atoms with Gasteiger partial charge in [-0.25, -0.2) is 4.98 Å². The topological polar surface area (TPSA) is 76.3 Å². The third-order valence-electron chi connectivity index (χ3n) is 3.68. The van der Waals surface area contributed by atoms with Crippen molar-refractivity contribution in [2.24, 2.45) is 0 Å². The van der Waals surface area contributed by atoms with E-state index in [1.54, 1.807) is 0 Å². The normalized spacial score (nSPS) is 16.5. The van der Waals surface area contributed by atoms with Gasteiger partial charge in [0.2, 0.25) is 5.95 Å². The fourth-order valence-electron chi connectivity index (χ4n) is 2.68. The highest BCUT2D eigenvalue weighted by molar-refractivity contribution is 5.67. The maximum Gasteiger partial charge on any atom is 0.232 e. The summed E-state index contributed by atoms with van der Waals surface area (Å²) in [6.07, 6.45) is 0. The van der Waals surface area contributed by atoms with Crippen molar-refractivity contribution in [1.82, 2.24) is 15.3 Å². The monoisotopic (exact) mass is 269 g/mol. The van der Waals surface area contributed by atoms with Gasteiger partial charge >= 0.3 is 0 Å². The molecule has 0 atom stereocenters. The minimum Gasteiger partial charge on any atom is -0.490 e. The van der Waals surface area contributed by atoms with Crippen LogP contribution in [0.25, 0.3) is 0 Å². The molecule has 1 aromatic heterocycles. The van der Waals surface area contributed by atoms with E-state index in [0.717, 1.165) is 42.3 Å². The number of fused-ring (bicyclic) bond motifs is 2. The first-order valence-electron chi connectivity index (χ1n) is 6.68. The van der Waals surface area contributed by atoms with E-state index in [1.807, 2.05) is 24.3 Å². The summed E-state index contributed by atoms with van der Waals surface area (Å²) in [6.45, 7) is 2.85. The molecule has 2 aliphatic rings.